The number of rotatable bonds is 8. The maximum absolute atomic E-state index is 12.8. The first-order valence-electron chi connectivity index (χ1n) is 9.97. The predicted octanol–water partition coefficient (Wildman–Crippen LogP) is 2.75. The first kappa shape index (κ1) is 21.3. The zero-order valence-electron chi connectivity index (χ0n) is 17.0. The molecule has 1 aliphatic heterocycles. The lowest BCUT2D eigenvalue weighted by Gasteiger charge is -2.28. The molecule has 1 aliphatic rings. The van der Waals surface area contributed by atoms with Gasteiger partial charge >= 0.3 is 0 Å². The number of para-hydroxylation sites is 1. The number of nitrogens with one attached hydrogen (secondary N) is 1. The first-order chi connectivity index (χ1) is 13.9. The molecule has 1 amide bonds. The van der Waals surface area contributed by atoms with Gasteiger partial charge in [0, 0.05) is 13.1 Å². The molecule has 1 atom stereocenters. The summed E-state index contributed by atoms with van der Waals surface area (Å²) >= 11 is 0. The first-order valence-corrected chi connectivity index (χ1v) is 11.8. The van der Waals surface area contributed by atoms with Crippen LogP contribution in [0.4, 0.5) is 5.69 Å². The fourth-order valence-electron chi connectivity index (χ4n) is 3.78. The quantitative estimate of drug-likeness (QED) is 0.720. The molecule has 0 bridgehead atoms. The summed E-state index contributed by atoms with van der Waals surface area (Å²) in [6, 6.07) is 15.9. The van der Waals surface area contributed by atoms with E-state index < -0.39 is 16.1 Å². The van der Waals surface area contributed by atoms with Crippen molar-refractivity contribution in [3.8, 4) is 0 Å². The van der Waals surface area contributed by atoms with E-state index in [4.69, 9.17) is 0 Å². The number of benzene rings is 2. The molecule has 1 heterocycles. The Bertz CT molecular complexity index is 925. The van der Waals surface area contributed by atoms with E-state index in [-0.39, 0.29) is 5.91 Å². The minimum Gasteiger partial charge on any atom is -0.350 e. The average molecular weight is 416 g/mol. The molecule has 0 radical (unpaired) electrons. The molecule has 2 aromatic carbocycles. The Kier molecular flexibility index (Phi) is 6.92. The average Bonchev–Trinajstić information content (AvgIpc) is 3.20. The van der Waals surface area contributed by atoms with Crippen molar-refractivity contribution in [1.29, 1.82) is 0 Å². The topological polar surface area (TPSA) is 69.7 Å². The number of hydrogen-bond donors (Lipinski definition) is 1. The molecule has 0 aromatic heterocycles. The highest BCUT2D eigenvalue weighted by atomic mass is 32.2. The highest BCUT2D eigenvalue weighted by molar-refractivity contribution is 7.92. The summed E-state index contributed by atoms with van der Waals surface area (Å²) < 4.78 is 25.8. The highest BCUT2D eigenvalue weighted by Crippen LogP contribution is 2.21. The summed E-state index contributed by atoms with van der Waals surface area (Å²) in [5.41, 5.74) is 2.74. The van der Waals surface area contributed by atoms with Crippen LogP contribution in [0.5, 0.6) is 0 Å². The molecular weight excluding hydrogens is 386 g/mol. The molecule has 0 aliphatic carbocycles. The number of amides is 1. The van der Waals surface area contributed by atoms with Crippen LogP contribution in [0.15, 0.2) is 54.6 Å². The fourth-order valence-corrected chi connectivity index (χ4v) is 4.95. The van der Waals surface area contributed by atoms with Crippen LogP contribution in [0.25, 0.3) is 0 Å². The number of carbonyl (C=O) groups excluding carboxylic acids is 1. The van der Waals surface area contributed by atoms with Crippen LogP contribution < -0.4 is 9.62 Å². The van der Waals surface area contributed by atoms with Gasteiger partial charge in [0.05, 0.1) is 11.9 Å². The minimum atomic E-state index is -3.60. The second-order valence-corrected chi connectivity index (χ2v) is 9.40. The third kappa shape index (κ3) is 5.58. The molecular formula is C22H29N3O3S. The SMILES string of the molecule is C[C@@H](C(=O)NCc1ccccc1CN1CCCC1)N(c1ccccc1)S(C)(=O)=O. The zero-order valence-corrected chi connectivity index (χ0v) is 17.9. The van der Waals surface area contributed by atoms with Gasteiger partial charge in [0.15, 0.2) is 0 Å². The Labute approximate surface area is 173 Å². The van der Waals surface area contributed by atoms with Crippen LogP contribution in [0, 0.1) is 0 Å². The molecule has 0 unspecified atom stereocenters. The molecule has 1 saturated heterocycles. The van der Waals surface area contributed by atoms with Gasteiger partial charge in [-0.05, 0) is 56.1 Å². The van der Waals surface area contributed by atoms with Crippen molar-refractivity contribution < 1.29 is 13.2 Å². The standard InChI is InChI=1S/C22H29N3O3S/c1-18(25(29(2,27)28)21-12-4-3-5-13-21)22(26)23-16-19-10-6-7-11-20(19)17-24-14-8-9-15-24/h3-7,10-13,18H,8-9,14-17H2,1-2H3,(H,23,26)/t18-/m0/s1. The van der Waals surface area contributed by atoms with Crippen LogP contribution in [0.3, 0.4) is 0 Å². The van der Waals surface area contributed by atoms with Gasteiger partial charge in [0.25, 0.3) is 0 Å². The summed E-state index contributed by atoms with van der Waals surface area (Å²) in [4.78, 5) is 15.2. The zero-order chi connectivity index (χ0) is 20.9. The van der Waals surface area contributed by atoms with Crippen LogP contribution in [-0.4, -0.2) is 44.6 Å². The number of carbonyl (C=O) groups is 1. The fraction of sp³-hybridized carbons (Fsp3) is 0.409. The maximum atomic E-state index is 12.8. The van der Waals surface area contributed by atoms with Crippen molar-refractivity contribution in [3.63, 3.8) is 0 Å². The predicted molar refractivity (Wildman–Crippen MR) is 116 cm³/mol. The van der Waals surface area contributed by atoms with Crippen molar-refractivity contribution in [3.05, 3.63) is 65.7 Å². The van der Waals surface area contributed by atoms with Crippen LogP contribution in [0.2, 0.25) is 0 Å². The van der Waals surface area contributed by atoms with Gasteiger partial charge in [-0.25, -0.2) is 8.42 Å². The Hall–Kier alpha value is -2.38. The smallest absolute Gasteiger partial charge is 0.243 e. The van der Waals surface area contributed by atoms with E-state index in [9.17, 15) is 13.2 Å². The number of sulfonamides is 1. The lowest BCUT2D eigenvalue weighted by Crippen LogP contribution is -2.47. The summed E-state index contributed by atoms with van der Waals surface area (Å²) in [6.07, 6.45) is 3.59. The van der Waals surface area contributed by atoms with Gasteiger partial charge in [-0.2, -0.15) is 0 Å². The number of nitrogens with zero attached hydrogens (tertiary/aromatic N) is 2. The van der Waals surface area contributed by atoms with E-state index in [1.165, 1.54) is 22.7 Å². The molecule has 0 saturated carbocycles. The highest BCUT2D eigenvalue weighted by Gasteiger charge is 2.28. The molecule has 1 fully saturated rings. The van der Waals surface area contributed by atoms with Crippen molar-refractivity contribution in [2.24, 2.45) is 0 Å². The lowest BCUT2D eigenvalue weighted by atomic mass is 10.1. The van der Waals surface area contributed by atoms with Gasteiger partial charge < -0.3 is 5.32 Å². The van der Waals surface area contributed by atoms with E-state index in [0.717, 1.165) is 31.5 Å². The normalized spacial score (nSPS) is 15.8. The molecule has 29 heavy (non-hydrogen) atoms. The van der Waals surface area contributed by atoms with Crippen molar-refractivity contribution in [1.82, 2.24) is 10.2 Å². The van der Waals surface area contributed by atoms with Crippen LogP contribution in [-0.2, 0) is 27.9 Å². The van der Waals surface area contributed by atoms with Crippen LogP contribution >= 0.6 is 0 Å². The second-order valence-electron chi connectivity index (χ2n) is 7.54. The van der Waals surface area contributed by atoms with Gasteiger partial charge in [-0.1, -0.05) is 42.5 Å². The minimum absolute atomic E-state index is 0.324. The molecule has 2 aromatic rings. The largest absolute Gasteiger partial charge is 0.350 e. The van der Waals surface area contributed by atoms with E-state index in [1.807, 2.05) is 24.3 Å². The second kappa shape index (κ2) is 9.41. The van der Waals surface area contributed by atoms with Gasteiger partial charge in [0.1, 0.15) is 6.04 Å². The Morgan fingerprint density at radius 3 is 2.24 bits per heavy atom. The molecule has 156 valence electrons. The molecule has 3 rings (SSSR count). The summed E-state index contributed by atoms with van der Waals surface area (Å²) in [6.45, 7) is 5.08. The van der Waals surface area contributed by atoms with Crippen LogP contribution in [0.1, 0.15) is 30.9 Å². The molecule has 6 nitrogen and oxygen atoms in total. The number of anilines is 1. The lowest BCUT2D eigenvalue weighted by molar-refractivity contribution is -0.122. The third-order valence-corrected chi connectivity index (χ3v) is 6.50. The van der Waals surface area contributed by atoms with E-state index in [1.54, 1.807) is 31.2 Å². The molecule has 7 heteroatoms. The third-order valence-electron chi connectivity index (χ3n) is 5.26. The number of hydrogen-bond acceptors (Lipinski definition) is 4. The summed E-state index contributed by atoms with van der Waals surface area (Å²) in [5, 5.41) is 2.92. The Morgan fingerprint density at radius 2 is 1.62 bits per heavy atom. The maximum Gasteiger partial charge on any atom is 0.243 e. The Morgan fingerprint density at radius 1 is 1.03 bits per heavy atom. The van der Waals surface area contributed by atoms with Gasteiger partial charge in [0.2, 0.25) is 15.9 Å². The van der Waals surface area contributed by atoms with Gasteiger partial charge in [-0.15, -0.1) is 0 Å². The summed E-state index contributed by atoms with van der Waals surface area (Å²) in [7, 11) is -3.60. The molecule has 0 spiro atoms. The van der Waals surface area contributed by atoms with E-state index >= 15 is 0 Å². The summed E-state index contributed by atoms with van der Waals surface area (Å²) in [5.74, 6) is -0.324. The van der Waals surface area contributed by atoms with Crippen molar-refractivity contribution in [2.45, 2.75) is 38.9 Å². The molecule has 1 N–H and O–H groups in total. The monoisotopic (exact) mass is 415 g/mol. The van der Waals surface area contributed by atoms with E-state index in [0.29, 0.717) is 12.2 Å². The van der Waals surface area contributed by atoms with E-state index in [2.05, 4.69) is 16.3 Å². The number of likely N-dealkylation sites (tertiary alicyclic amines) is 1. The van der Waals surface area contributed by atoms with Crippen molar-refractivity contribution >= 4 is 21.6 Å². The van der Waals surface area contributed by atoms with Gasteiger partial charge in [-0.3, -0.25) is 14.0 Å². The Balaban J connectivity index is 1.70. The van der Waals surface area contributed by atoms with Crippen molar-refractivity contribution in [2.75, 3.05) is 23.7 Å².